The maximum absolute atomic E-state index is 6.32. The molecule has 2 aromatic rings. The molecule has 1 aromatic carbocycles. The molecule has 0 radical (unpaired) electrons. The van der Waals surface area contributed by atoms with Crippen molar-refractivity contribution in [3.63, 3.8) is 0 Å². The zero-order valence-electron chi connectivity index (χ0n) is 13.3. The van der Waals surface area contributed by atoms with Crippen LogP contribution in [0, 0.1) is 0 Å². The molecule has 0 saturated carbocycles. The van der Waals surface area contributed by atoms with Gasteiger partial charge in [0, 0.05) is 42.4 Å². The molecule has 3 rings (SSSR count). The first-order valence-corrected chi connectivity index (χ1v) is 8.35. The summed E-state index contributed by atoms with van der Waals surface area (Å²) in [6.07, 6.45) is 1.93. The third-order valence-electron chi connectivity index (χ3n) is 3.81. The van der Waals surface area contributed by atoms with Gasteiger partial charge in [0.2, 0.25) is 0 Å². The molecule has 23 heavy (non-hydrogen) atoms. The zero-order valence-corrected chi connectivity index (χ0v) is 14.8. The first-order valence-electron chi connectivity index (χ1n) is 7.59. The van der Waals surface area contributed by atoms with Gasteiger partial charge in [-0.2, -0.15) is 0 Å². The van der Waals surface area contributed by atoms with E-state index >= 15 is 0 Å². The van der Waals surface area contributed by atoms with Gasteiger partial charge in [-0.15, -0.1) is 0 Å². The van der Waals surface area contributed by atoms with Crippen molar-refractivity contribution in [1.29, 1.82) is 0 Å². The Morgan fingerprint density at radius 3 is 2.87 bits per heavy atom. The molecule has 4 nitrogen and oxygen atoms in total. The van der Waals surface area contributed by atoms with Crippen LogP contribution >= 0.6 is 23.2 Å². The van der Waals surface area contributed by atoms with Gasteiger partial charge in [-0.1, -0.05) is 23.2 Å². The van der Waals surface area contributed by atoms with Gasteiger partial charge in [0.25, 0.3) is 0 Å². The molecule has 6 heteroatoms. The summed E-state index contributed by atoms with van der Waals surface area (Å²) < 4.78 is 0. The molecule has 0 bridgehead atoms. The summed E-state index contributed by atoms with van der Waals surface area (Å²) in [7, 11) is 4.11. The van der Waals surface area contributed by atoms with Crippen molar-refractivity contribution in [1.82, 2.24) is 9.88 Å². The van der Waals surface area contributed by atoms with Gasteiger partial charge in [-0.05, 0) is 49.5 Å². The molecule has 0 fully saturated rings. The summed E-state index contributed by atoms with van der Waals surface area (Å²) in [5, 5.41) is 4.81. The molecule has 0 atom stereocenters. The number of fused-ring (bicyclic) bond motifs is 1. The van der Waals surface area contributed by atoms with Crippen LogP contribution in [0.4, 0.5) is 11.5 Å². The average Bonchev–Trinajstić information content (AvgIpc) is 2.51. The van der Waals surface area contributed by atoms with Gasteiger partial charge in [0.15, 0.2) is 0 Å². The Morgan fingerprint density at radius 1 is 1.26 bits per heavy atom. The molecule has 1 aromatic heterocycles. The van der Waals surface area contributed by atoms with E-state index in [0.717, 1.165) is 48.3 Å². The summed E-state index contributed by atoms with van der Waals surface area (Å²) in [4.78, 5) is 9.00. The molecule has 1 aliphatic heterocycles. The standard InChI is InChI=1S/C17H20Cl2N4/c1-22(2)10-12-7-16-17(21-9-12)20-5-6-23(16)11-13-8-14(18)3-4-15(13)19/h3-4,7-9H,5-6,10-11H2,1-2H3,(H,20,21). The largest absolute Gasteiger partial charge is 0.367 e. The van der Waals surface area contributed by atoms with Gasteiger partial charge in [-0.3, -0.25) is 0 Å². The SMILES string of the molecule is CN(C)Cc1cnc2c(c1)N(Cc1cc(Cl)ccc1Cl)CCN2. The van der Waals surface area contributed by atoms with E-state index < -0.39 is 0 Å². The minimum Gasteiger partial charge on any atom is -0.367 e. The Balaban J connectivity index is 1.89. The molecule has 0 saturated heterocycles. The van der Waals surface area contributed by atoms with Crippen LogP contribution in [-0.4, -0.2) is 37.1 Å². The maximum Gasteiger partial charge on any atom is 0.149 e. The molecule has 2 heterocycles. The van der Waals surface area contributed by atoms with Crippen LogP contribution in [0.15, 0.2) is 30.5 Å². The second-order valence-electron chi connectivity index (χ2n) is 6.03. The van der Waals surface area contributed by atoms with E-state index in [9.17, 15) is 0 Å². The van der Waals surface area contributed by atoms with Crippen molar-refractivity contribution in [2.24, 2.45) is 0 Å². The fourth-order valence-corrected chi connectivity index (χ4v) is 3.16. The van der Waals surface area contributed by atoms with Crippen LogP contribution in [-0.2, 0) is 13.1 Å². The molecular weight excluding hydrogens is 331 g/mol. The minimum absolute atomic E-state index is 0.708. The fraction of sp³-hybridized carbons (Fsp3) is 0.353. The lowest BCUT2D eigenvalue weighted by Crippen LogP contribution is -2.34. The number of hydrogen-bond donors (Lipinski definition) is 1. The second-order valence-corrected chi connectivity index (χ2v) is 6.88. The van der Waals surface area contributed by atoms with Gasteiger partial charge in [-0.25, -0.2) is 4.98 Å². The Hall–Kier alpha value is -1.49. The van der Waals surface area contributed by atoms with E-state index in [1.807, 2.05) is 24.4 Å². The Labute approximate surface area is 147 Å². The second kappa shape index (κ2) is 6.95. The fourth-order valence-electron chi connectivity index (χ4n) is 2.79. The van der Waals surface area contributed by atoms with Crippen molar-refractivity contribution >= 4 is 34.7 Å². The van der Waals surface area contributed by atoms with E-state index in [2.05, 4.69) is 40.3 Å². The molecule has 1 aliphatic rings. The smallest absolute Gasteiger partial charge is 0.149 e. The predicted octanol–water partition coefficient (Wildman–Crippen LogP) is 3.88. The Morgan fingerprint density at radius 2 is 2.09 bits per heavy atom. The normalized spacial score (nSPS) is 13.9. The highest BCUT2D eigenvalue weighted by molar-refractivity contribution is 6.33. The predicted molar refractivity (Wildman–Crippen MR) is 97.6 cm³/mol. The summed E-state index contributed by atoms with van der Waals surface area (Å²) in [6.45, 7) is 3.36. The van der Waals surface area contributed by atoms with Crippen molar-refractivity contribution in [3.05, 3.63) is 51.6 Å². The van der Waals surface area contributed by atoms with Crippen LogP contribution in [0.1, 0.15) is 11.1 Å². The number of hydrogen-bond acceptors (Lipinski definition) is 4. The van der Waals surface area contributed by atoms with E-state index in [1.165, 1.54) is 5.56 Å². The van der Waals surface area contributed by atoms with E-state index in [0.29, 0.717) is 5.02 Å². The average molecular weight is 351 g/mol. The number of nitrogens with one attached hydrogen (secondary N) is 1. The zero-order chi connectivity index (χ0) is 16.4. The first-order chi connectivity index (χ1) is 11.0. The van der Waals surface area contributed by atoms with Crippen LogP contribution in [0.2, 0.25) is 10.0 Å². The lowest BCUT2D eigenvalue weighted by atomic mass is 10.1. The summed E-state index contributed by atoms with van der Waals surface area (Å²) in [5.41, 5.74) is 3.34. The van der Waals surface area contributed by atoms with Crippen molar-refractivity contribution < 1.29 is 0 Å². The topological polar surface area (TPSA) is 31.4 Å². The van der Waals surface area contributed by atoms with Crippen LogP contribution in [0.5, 0.6) is 0 Å². The molecular formula is C17H20Cl2N4. The molecule has 122 valence electrons. The number of rotatable bonds is 4. The molecule has 0 aliphatic carbocycles. The van der Waals surface area contributed by atoms with Crippen molar-refractivity contribution in [2.75, 3.05) is 37.4 Å². The molecule has 0 amide bonds. The quantitative estimate of drug-likeness (QED) is 0.906. The monoisotopic (exact) mass is 350 g/mol. The molecule has 0 unspecified atom stereocenters. The molecule has 0 spiro atoms. The van der Waals surface area contributed by atoms with Gasteiger partial charge in [0.1, 0.15) is 5.82 Å². The van der Waals surface area contributed by atoms with Gasteiger partial charge < -0.3 is 15.1 Å². The third kappa shape index (κ3) is 3.89. The van der Waals surface area contributed by atoms with Crippen molar-refractivity contribution in [3.8, 4) is 0 Å². The van der Waals surface area contributed by atoms with Gasteiger partial charge in [0.05, 0.1) is 5.69 Å². The number of pyridine rings is 1. The highest BCUT2D eigenvalue weighted by atomic mass is 35.5. The third-order valence-corrected chi connectivity index (χ3v) is 4.41. The van der Waals surface area contributed by atoms with E-state index in [-0.39, 0.29) is 0 Å². The maximum atomic E-state index is 6.32. The van der Waals surface area contributed by atoms with Crippen LogP contribution in [0.25, 0.3) is 0 Å². The first kappa shape index (κ1) is 16.4. The number of aromatic nitrogens is 1. The molecule has 1 N–H and O–H groups in total. The number of nitrogens with zero attached hydrogens (tertiary/aromatic N) is 3. The Bertz CT molecular complexity index is 703. The van der Waals surface area contributed by atoms with E-state index in [1.54, 1.807) is 0 Å². The minimum atomic E-state index is 0.708. The lowest BCUT2D eigenvalue weighted by Gasteiger charge is -2.32. The van der Waals surface area contributed by atoms with Crippen molar-refractivity contribution in [2.45, 2.75) is 13.1 Å². The van der Waals surface area contributed by atoms with Crippen LogP contribution < -0.4 is 10.2 Å². The highest BCUT2D eigenvalue weighted by Crippen LogP contribution is 2.31. The summed E-state index contributed by atoms with van der Waals surface area (Å²) in [5.74, 6) is 0.928. The number of halogens is 2. The summed E-state index contributed by atoms with van der Waals surface area (Å²) >= 11 is 12.4. The van der Waals surface area contributed by atoms with Gasteiger partial charge >= 0.3 is 0 Å². The number of anilines is 2. The van der Waals surface area contributed by atoms with Crippen LogP contribution in [0.3, 0.4) is 0 Å². The Kier molecular flexibility index (Phi) is 4.95. The number of benzene rings is 1. The lowest BCUT2D eigenvalue weighted by molar-refractivity contribution is 0.402. The highest BCUT2D eigenvalue weighted by Gasteiger charge is 2.19. The van der Waals surface area contributed by atoms with E-state index in [4.69, 9.17) is 23.2 Å². The summed E-state index contributed by atoms with van der Waals surface area (Å²) in [6, 6.07) is 7.80.